The number of anilines is 2. The Bertz CT molecular complexity index is 610. The van der Waals surface area contributed by atoms with Gasteiger partial charge in [0.15, 0.2) is 0 Å². The molecular formula is C16H20N2O2. The van der Waals surface area contributed by atoms with Gasteiger partial charge in [-0.2, -0.15) is 0 Å². The molecule has 2 aliphatic carbocycles. The van der Waals surface area contributed by atoms with Crippen LogP contribution in [0.25, 0.3) is 0 Å². The van der Waals surface area contributed by atoms with Crippen LogP contribution in [0.2, 0.25) is 0 Å². The number of carbonyl (C=O) groups is 1. The normalized spacial score (nSPS) is 36.6. The molecule has 2 bridgehead atoms. The summed E-state index contributed by atoms with van der Waals surface area (Å²) in [7, 11) is 0. The summed E-state index contributed by atoms with van der Waals surface area (Å²) in [5, 5.41) is 16.8. The summed E-state index contributed by atoms with van der Waals surface area (Å²) in [5.41, 5.74) is 1.27. The molecule has 1 heterocycles. The van der Waals surface area contributed by atoms with Gasteiger partial charge in [0.1, 0.15) is 23.4 Å². The van der Waals surface area contributed by atoms with Crippen molar-refractivity contribution in [3.05, 3.63) is 18.2 Å². The second kappa shape index (κ2) is 3.48. The van der Waals surface area contributed by atoms with Gasteiger partial charge in [0.05, 0.1) is 11.1 Å². The van der Waals surface area contributed by atoms with Crippen molar-refractivity contribution < 1.29 is 9.90 Å². The molecule has 0 spiro atoms. The lowest BCUT2D eigenvalue weighted by Gasteiger charge is -2.41. The zero-order valence-electron chi connectivity index (χ0n) is 11.9. The molecule has 0 radical (unpaired) electrons. The quantitative estimate of drug-likeness (QED) is 0.688. The molecule has 0 aromatic heterocycles. The van der Waals surface area contributed by atoms with Gasteiger partial charge in [-0.15, -0.1) is 0 Å². The van der Waals surface area contributed by atoms with Gasteiger partial charge in [0.25, 0.3) is 0 Å². The highest BCUT2D eigenvalue weighted by Crippen LogP contribution is 2.66. The zero-order chi connectivity index (χ0) is 14.1. The molecule has 3 N–H and O–H groups in total. The van der Waals surface area contributed by atoms with Crippen LogP contribution in [-0.2, 0) is 4.79 Å². The minimum absolute atomic E-state index is 0.00636. The highest BCUT2D eigenvalue weighted by Gasteiger charge is 2.68. The number of hydrogen-bond acceptors (Lipinski definition) is 4. The van der Waals surface area contributed by atoms with Crippen molar-refractivity contribution >= 4 is 17.2 Å². The predicted octanol–water partition coefficient (Wildman–Crippen LogP) is 2.95. The van der Waals surface area contributed by atoms with Gasteiger partial charge in [-0.05, 0) is 36.3 Å². The Hall–Kier alpha value is -1.71. The molecule has 2 saturated carbocycles. The number of aromatic hydroxyl groups is 1. The number of nitrogens with one attached hydrogen (secondary N) is 2. The Morgan fingerprint density at radius 1 is 1.30 bits per heavy atom. The van der Waals surface area contributed by atoms with E-state index >= 15 is 0 Å². The van der Waals surface area contributed by atoms with Crippen molar-refractivity contribution in [3.8, 4) is 5.75 Å². The van der Waals surface area contributed by atoms with Gasteiger partial charge in [-0.25, -0.2) is 0 Å². The number of rotatable bonds is 1. The van der Waals surface area contributed by atoms with Crippen LogP contribution in [0.4, 0.5) is 11.4 Å². The van der Waals surface area contributed by atoms with Crippen molar-refractivity contribution in [2.75, 3.05) is 10.6 Å². The van der Waals surface area contributed by atoms with Gasteiger partial charge in [-0.1, -0.05) is 19.9 Å². The van der Waals surface area contributed by atoms with E-state index < -0.39 is 0 Å². The van der Waals surface area contributed by atoms with Gasteiger partial charge in [0.2, 0.25) is 0 Å². The number of phenols is 1. The van der Waals surface area contributed by atoms with E-state index in [0.717, 1.165) is 24.2 Å². The van der Waals surface area contributed by atoms with Crippen LogP contribution in [0.5, 0.6) is 5.75 Å². The predicted molar refractivity (Wildman–Crippen MR) is 77.7 cm³/mol. The fraction of sp³-hybridized carbons (Fsp3) is 0.562. The lowest BCUT2D eigenvalue weighted by Crippen LogP contribution is -2.51. The van der Waals surface area contributed by atoms with Crippen LogP contribution in [0.3, 0.4) is 0 Å². The zero-order valence-corrected chi connectivity index (χ0v) is 11.9. The second-order valence-electron chi connectivity index (χ2n) is 6.98. The minimum Gasteiger partial charge on any atom is -0.506 e. The molecule has 4 nitrogen and oxygen atoms in total. The molecule has 1 aliphatic heterocycles. The SMILES string of the molecule is CC1(C)C2CCC1(C1Nc3cccc(O)c3N1)C(=O)C2. The summed E-state index contributed by atoms with van der Waals surface area (Å²) in [6, 6.07) is 5.44. The first-order valence-electron chi connectivity index (χ1n) is 7.35. The molecule has 1 aromatic rings. The first-order valence-corrected chi connectivity index (χ1v) is 7.35. The lowest BCUT2D eigenvalue weighted by atomic mass is 9.67. The third-order valence-electron chi connectivity index (χ3n) is 6.11. The summed E-state index contributed by atoms with van der Waals surface area (Å²) in [5.74, 6) is 1.11. The number of fused-ring (bicyclic) bond motifs is 3. The first-order chi connectivity index (χ1) is 9.47. The standard InChI is InChI=1S/C16H20N2O2/c1-15(2)9-6-7-16(15,12(20)8-9)14-17-10-4-3-5-11(19)13(10)18-14/h3-5,9,14,17-19H,6-8H2,1-2H3. The second-order valence-corrected chi connectivity index (χ2v) is 6.98. The van der Waals surface area contributed by atoms with Crippen LogP contribution in [-0.4, -0.2) is 17.1 Å². The molecule has 20 heavy (non-hydrogen) atoms. The molecule has 2 fully saturated rings. The first kappa shape index (κ1) is 12.1. The Labute approximate surface area is 118 Å². The lowest BCUT2D eigenvalue weighted by molar-refractivity contribution is -0.130. The summed E-state index contributed by atoms with van der Waals surface area (Å²) < 4.78 is 0. The number of phenolic OH excluding ortho intramolecular Hbond substituents is 1. The number of hydrogen-bond donors (Lipinski definition) is 3. The van der Waals surface area contributed by atoms with E-state index in [1.165, 1.54) is 0 Å². The van der Waals surface area contributed by atoms with E-state index in [4.69, 9.17) is 0 Å². The number of carbonyl (C=O) groups excluding carboxylic acids is 1. The maximum atomic E-state index is 12.7. The average Bonchev–Trinajstić information content (AvgIpc) is 2.98. The molecule has 3 unspecified atom stereocenters. The third-order valence-corrected chi connectivity index (χ3v) is 6.11. The average molecular weight is 272 g/mol. The van der Waals surface area contributed by atoms with Gasteiger partial charge >= 0.3 is 0 Å². The Morgan fingerprint density at radius 2 is 2.10 bits per heavy atom. The van der Waals surface area contributed by atoms with Crippen LogP contribution in [0.15, 0.2) is 18.2 Å². The third kappa shape index (κ3) is 1.16. The van der Waals surface area contributed by atoms with Crippen molar-refractivity contribution in [2.45, 2.75) is 39.3 Å². The van der Waals surface area contributed by atoms with E-state index in [-0.39, 0.29) is 22.7 Å². The summed E-state index contributed by atoms with van der Waals surface area (Å²) >= 11 is 0. The molecule has 1 aromatic carbocycles. The molecule has 0 amide bonds. The fourth-order valence-corrected chi connectivity index (χ4v) is 4.78. The Balaban J connectivity index is 1.77. The van der Waals surface area contributed by atoms with Crippen molar-refractivity contribution in [1.82, 2.24) is 0 Å². The van der Waals surface area contributed by atoms with Gasteiger partial charge < -0.3 is 15.7 Å². The number of para-hydroxylation sites is 1. The van der Waals surface area contributed by atoms with Crippen molar-refractivity contribution in [2.24, 2.45) is 16.7 Å². The molecule has 4 heteroatoms. The van der Waals surface area contributed by atoms with Crippen LogP contribution < -0.4 is 10.6 Å². The topological polar surface area (TPSA) is 61.4 Å². The molecule has 4 rings (SSSR count). The monoisotopic (exact) mass is 272 g/mol. The van der Waals surface area contributed by atoms with Crippen LogP contribution >= 0.6 is 0 Å². The summed E-state index contributed by atoms with van der Waals surface area (Å²) in [6.45, 7) is 4.45. The smallest absolute Gasteiger partial charge is 0.143 e. The van der Waals surface area contributed by atoms with Gasteiger partial charge in [0, 0.05) is 6.42 Å². The number of benzene rings is 1. The largest absolute Gasteiger partial charge is 0.506 e. The molecule has 3 aliphatic rings. The fourth-order valence-electron chi connectivity index (χ4n) is 4.78. The molecule has 3 atom stereocenters. The van der Waals surface area contributed by atoms with Crippen LogP contribution in [0.1, 0.15) is 33.1 Å². The summed E-state index contributed by atoms with van der Waals surface area (Å²) in [4.78, 5) is 12.7. The molecule has 106 valence electrons. The number of ketones is 1. The van der Waals surface area contributed by atoms with E-state index in [0.29, 0.717) is 18.1 Å². The van der Waals surface area contributed by atoms with Crippen molar-refractivity contribution in [1.29, 1.82) is 0 Å². The highest BCUT2D eigenvalue weighted by atomic mass is 16.3. The number of Topliss-reactive ketones (excluding diaryl/α,β-unsaturated/α-hetero) is 1. The maximum Gasteiger partial charge on any atom is 0.143 e. The minimum atomic E-state index is -0.358. The maximum absolute atomic E-state index is 12.7. The molecular weight excluding hydrogens is 252 g/mol. The van der Waals surface area contributed by atoms with Crippen LogP contribution in [0, 0.1) is 16.7 Å². The summed E-state index contributed by atoms with van der Waals surface area (Å²) in [6.07, 6.45) is 2.65. The highest BCUT2D eigenvalue weighted by molar-refractivity contribution is 5.93. The van der Waals surface area contributed by atoms with E-state index in [9.17, 15) is 9.90 Å². The van der Waals surface area contributed by atoms with E-state index in [1.807, 2.05) is 12.1 Å². The Kier molecular flexibility index (Phi) is 2.10. The van der Waals surface area contributed by atoms with Gasteiger partial charge in [-0.3, -0.25) is 4.79 Å². The van der Waals surface area contributed by atoms with E-state index in [2.05, 4.69) is 24.5 Å². The Morgan fingerprint density at radius 3 is 2.70 bits per heavy atom. The van der Waals surface area contributed by atoms with E-state index in [1.54, 1.807) is 6.07 Å². The molecule has 0 saturated heterocycles. The van der Waals surface area contributed by atoms with Crippen molar-refractivity contribution in [3.63, 3.8) is 0 Å².